The molecule has 0 aliphatic rings. The zero-order valence-corrected chi connectivity index (χ0v) is 25.8. The predicted octanol–water partition coefficient (Wildman–Crippen LogP) is 6.36. The number of rotatable bonds is 12. The number of benzene rings is 4. The molecule has 0 spiro atoms. The SMILES string of the molecule is Cc1ccc(C(=O)N(CC(=O)N(CCc2c[nH]c3ccccc23)Cc2ccc(N(C)C)cc2)Cc2ccccc2)cc1[N+](=O)[O-]. The van der Waals surface area contributed by atoms with Crippen molar-refractivity contribution in [2.75, 3.05) is 32.1 Å². The standard InChI is InChI=1S/C36H37N5O4/c1-26-13-16-29(21-34(26)41(44)45)36(43)40(24-27-9-5-4-6-10-27)25-35(42)39(23-28-14-17-31(18-15-28)38(2)3)20-19-30-22-37-33-12-8-7-11-32(30)33/h4-18,21-22,37H,19-20,23-25H2,1-3H3. The normalized spacial score (nSPS) is 10.9. The van der Waals surface area contributed by atoms with Crippen molar-refractivity contribution in [2.45, 2.75) is 26.4 Å². The Morgan fingerprint density at radius 1 is 0.822 bits per heavy atom. The predicted molar refractivity (Wildman–Crippen MR) is 177 cm³/mol. The smallest absolute Gasteiger partial charge is 0.273 e. The van der Waals surface area contributed by atoms with E-state index < -0.39 is 10.8 Å². The lowest BCUT2D eigenvalue weighted by Gasteiger charge is -2.28. The summed E-state index contributed by atoms with van der Waals surface area (Å²) in [5.74, 6) is -0.653. The van der Waals surface area contributed by atoms with Crippen LogP contribution in [0.3, 0.4) is 0 Å². The van der Waals surface area contributed by atoms with Gasteiger partial charge in [0.25, 0.3) is 11.6 Å². The van der Waals surface area contributed by atoms with E-state index in [1.807, 2.05) is 98.0 Å². The molecule has 0 aliphatic carbocycles. The summed E-state index contributed by atoms with van der Waals surface area (Å²) in [4.78, 5) is 47.7. The van der Waals surface area contributed by atoms with Crippen molar-refractivity contribution in [3.05, 3.63) is 141 Å². The quantitative estimate of drug-likeness (QED) is 0.132. The number of para-hydroxylation sites is 1. The number of nitro benzene ring substituents is 1. The fourth-order valence-corrected chi connectivity index (χ4v) is 5.39. The van der Waals surface area contributed by atoms with Crippen molar-refractivity contribution in [1.29, 1.82) is 0 Å². The molecule has 0 fully saturated rings. The van der Waals surface area contributed by atoms with Gasteiger partial charge in [-0.05, 0) is 54.3 Å². The minimum absolute atomic E-state index is 0.131. The maximum Gasteiger partial charge on any atom is 0.273 e. The monoisotopic (exact) mass is 603 g/mol. The number of aromatic amines is 1. The fourth-order valence-electron chi connectivity index (χ4n) is 5.39. The molecule has 4 aromatic carbocycles. The third-order valence-electron chi connectivity index (χ3n) is 7.99. The van der Waals surface area contributed by atoms with Crippen LogP contribution in [-0.4, -0.2) is 58.7 Å². The highest BCUT2D eigenvalue weighted by Crippen LogP contribution is 2.23. The lowest BCUT2D eigenvalue weighted by Crippen LogP contribution is -2.43. The Labute approximate surface area is 262 Å². The highest BCUT2D eigenvalue weighted by molar-refractivity contribution is 5.97. The number of anilines is 1. The number of nitro groups is 1. The number of hydrogen-bond acceptors (Lipinski definition) is 5. The van der Waals surface area contributed by atoms with E-state index in [4.69, 9.17) is 0 Å². The van der Waals surface area contributed by atoms with Crippen molar-refractivity contribution < 1.29 is 14.5 Å². The highest BCUT2D eigenvalue weighted by atomic mass is 16.6. The third-order valence-corrected chi connectivity index (χ3v) is 7.99. The molecule has 0 atom stereocenters. The molecule has 0 unspecified atom stereocenters. The summed E-state index contributed by atoms with van der Waals surface area (Å²) in [6.07, 6.45) is 2.61. The lowest BCUT2D eigenvalue weighted by molar-refractivity contribution is -0.385. The van der Waals surface area contributed by atoms with Gasteiger partial charge in [-0.25, -0.2) is 0 Å². The van der Waals surface area contributed by atoms with Crippen molar-refractivity contribution >= 4 is 34.1 Å². The molecule has 1 aromatic heterocycles. The molecule has 9 heteroatoms. The van der Waals surface area contributed by atoms with Gasteiger partial charge >= 0.3 is 0 Å². The first-order valence-electron chi connectivity index (χ1n) is 14.9. The number of H-pyrrole nitrogens is 1. The van der Waals surface area contributed by atoms with E-state index in [1.165, 1.54) is 11.0 Å². The number of hydrogen-bond donors (Lipinski definition) is 1. The molecule has 9 nitrogen and oxygen atoms in total. The van der Waals surface area contributed by atoms with Gasteiger partial charge in [0, 0.05) is 73.7 Å². The van der Waals surface area contributed by atoms with Crippen LogP contribution in [0.5, 0.6) is 0 Å². The summed E-state index contributed by atoms with van der Waals surface area (Å²) in [7, 11) is 3.96. The lowest BCUT2D eigenvalue weighted by atomic mass is 10.1. The van der Waals surface area contributed by atoms with Crippen molar-refractivity contribution in [3.8, 4) is 0 Å². The molecule has 5 aromatic rings. The molecule has 0 saturated heterocycles. The largest absolute Gasteiger partial charge is 0.378 e. The third kappa shape index (κ3) is 7.56. The molecule has 0 radical (unpaired) electrons. The van der Waals surface area contributed by atoms with Crippen LogP contribution < -0.4 is 4.90 Å². The molecule has 45 heavy (non-hydrogen) atoms. The Balaban J connectivity index is 1.43. The zero-order valence-electron chi connectivity index (χ0n) is 25.8. The molecular formula is C36H37N5O4. The van der Waals surface area contributed by atoms with Crippen LogP contribution in [-0.2, 0) is 24.3 Å². The van der Waals surface area contributed by atoms with Gasteiger partial charge in [0.15, 0.2) is 0 Å². The Morgan fingerprint density at radius 3 is 2.20 bits per heavy atom. The maximum absolute atomic E-state index is 14.1. The summed E-state index contributed by atoms with van der Waals surface area (Å²) in [5, 5.41) is 12.7. The van der Waals surface area contributed by atoms with Crippen LogP contribution in [0.25, 0.3) is 10.9 Å². The van der Waals surface area contributed by atoms with Gasteiger partial charge in [0.2, 0.25) is 5.91 Å². The van der Waals surface area contributed by atoms with E-state index >= 15 is 0 Å². The first-order chi connectivity index (χ1) is 21.7. The Morgan fingerprint density at radius 2 is 1.49 bits per heavy atom. The number of amides is 2. The molecule has 1 N–H and O–H groups in total. The number of nitrogens with zero attached hydrogens (tertiary/aromatic N) is 4. The number of aromatic nitrogens is 1. The van der Waals surface area contributed by atoms with E-state index in [0.717, 1.165) is 33.3 Å². The van der Waals surface area contributed by atoms with Crippen LogP contribution >= 0.6 is 0 Å². The molecule has 230 valence electrons. The second-order valence-corrected chi connectivity index (χ2v) is 11.4. The first-order valence-corrected chi connectivity index (χ1v) is 14.9. The Hall–Kier alpha value is -5.44. The topological polar surface area (TPSA) is 103 Å². The summed E-state index contributed by atoms with van der Waals surface area (Å²) in [6.45, 7) is 2.45. The zero-order chi connectivity index (χ0) is 31.9. The summed E-state index contributed by atoms with van der Waals surface area (Å²) in [5.41, 5.74) is 5.53. The van der Waals surface area contributed by atoms with Gasteiger partial charge < -0.3 is 19.7 Å². The van der Waals surface area contributed by atoms with Gasteiger partial charge in [-0.15, -0.1) is 0 Å². The molecule has 0 bridgehead atoms. The van der Waals surface area contributed by atoms with E-state index in [9.17, 15) is 19.7 Å². The molecule has 2 amide bonds. The molecule has 1 heterocycles. The van der Waals surface area contributed by atoms with Gasteiger partial charge in [-0.2, -0.15) is 0 Å². The number of carbonyl (C=O) groups excluding carboxylic acids is 2. The summed E-state index contributed by atoms with van der Waals surface area (Å²) < 4.78 is 0. The van der Waals surface area contributed by atoms with Gasteiger partial charge in [-0.1, -0.05) is 66.7 Å². The van der Waals surface area contributed by atoms with Gasteiger partial charge in [0.1, 0.15) is 6.54 Å². The van der Waals surface area contributed by atoms with E-state index in [0.29, 0.717) is 25.1 Å². The molecule has 0 aliphatic heterocycles. The van der Waals surface area contributed by atoms with Crippen LogP contribution in [0.4, 0.5) is 11.4 Å². The van der Waals surface area contributed by atoms with Crippen molar-refractivity contribution in [2.24, 2.45) is 0 Å². The minimum Gasteiger partial charge on any atom is -0.378 e. The van der Waals surface area contributed by atoms with E-state index in [1.54, 1.807) is 24.0 Å². The Bertz CT molecular complexity index is 1800. The van der Waals surface area contributed by atoms with Gasteiger partial charge in [-0.3, -0.25) is 19.7 Å². The van der Waals surface area contributed by atoms with Crippen LogP contribution in [0.15, 0.2) is 103 Å². The fraction of sp³-hybridized carbons (Fsp3) is 0.222. The summed E-state index contributed by atoms with van der Waals surface area (Å²) >= 11 is 0. The number of fused-ring (bicyclic) bond motifs is 1. The molecule has 5 rings (SSSR count). The Kier molecular flexibility index (Phi) is 9.57. The van der Waals surface area contributed by atoms with Gasteiger partial charge in [0.05, 0.1) is 4.92 Å². The number of carbonyl (C=O) groups is 2. The van der Waals surface area contributed by atoms with E-state index in [2.05, 4.69) is 11.1 Å². The first kappa shape index (κ1) is 31.0. The number of nitrogens with one attached hydrogen (secondary N) is 1. The average Bonchev–Trinajstić information content (AvgIpc) is 3.46. The second-order valence-electron chi connectivity index (χ2n) is 11.4. The van der Waals surface area contributed by atoms with Crippen molar-refractivity contribution in [1.82, 2.24) is 14.8 Å². The molecular weight excluding hydrogens is 566 g/mol. The molecule has 0 saturated carbocycles. The summed E-state index contributed by atoms with van der Waals surface area (Å²) in [6, 6.07) is 30.0. The highest BCUT2D eigenvalue weighted by Gasteiger charge is 2.25. The number of aryl methyl sites for hydroxylation is 1. The van der Waals surface area contributed by atoms with Crippen LogP contribution in [0.2, 0.25) is 0 Å². The van der Waals surface area contributed by atoms with Crippen LogP contribution in [0.1, 0.15) is 32.6 Å². The average molecular weight is 604 g/mol. The van der Waals surface area contributed by atoms with Crippen molar-refractivity contribution in [3.63, 3.8) is 0 Å². The van der Waals surface area contributed by atoms with E-state index in [-0.39, 0.29) is 30.2 Å². The second kappa shape index (κ2) is 13.9. The van der Waals surface area contributed by atoms with Crippen LogP contribution in [0, 0.1) is 17.0 Å². The minimum atomic E-state index is -0.493. The maximum atomic E-state index is 14.1.